The van der Waals surface area contributed by atoms with Gasteiger partial charge in [0, 0.05) is 6.54 Å². The predicted molar refractivity (Wildman–Crippen MR) is 81.5 cm³/mol. The van der Waals surface area contributed by atoms with Crippen molar-refractivity contribution < 1.29 is 4.74 Å². The summed E-state index contributed by atoms with van der Waals surface area (Å²) in [7, 11) is 3.61. The van der Waals surface area contributed by atoms with Gasteiger partial charge in [0.05, 0.1) is 30.1 Å². The molecule has 4 nitrogen and oxygen atoms in total. The van der Waals surface area contributed by atoms with E-state index in [1.165, 1.54) is 0 Å². The van der Waals surface area contributed by atoms with Crippen LogP contribution in [0.4, 0.5) is 0 Å². The molecule has 1 aromatic heterocycles. The first kappa shape index (κ1) is 14.9. The third-order valence-corrected chi connectivity index (χ3v) is 3.74. The van der Waals surface area contributed by atoms with E-state index in [0.717, 1.165) is 29.1 Å². The fraction of sp³-hybridized carbons (Fsp3) is 0.400. The molecule has 1 aromatic carbocycles. The quantitative estimate of drug-likeness (QED) is 0.920. The van der Waals surface area contributed by atoms with Gasteiger partial charge < -0.3 is 10.1 Å². The smallest absolute Gasteiger partial charge is 0.121 e. The normalized spacial score (nSPS) is 12.4. The first-order chi connectivity index (χ1) is 9.62. The number of rotatable bonds is 5. The summed E-state index contributed by atoms with van der Waals surface area (Å²) in [6.45, 7) is 4.88. The van der Waals surface area contributed by atoms with E-state index in [4.69, 9.17) is 16.3 Å². The number of methoxy groups -OCH3 is 1. The highest BCUT2D eigenvalue weighted by atomic mass is 35.5. The van der Waals surface area contributed by atoms with Crippen LogP contribution in [-0.4, -0.2) is 23.9 Å². The maximum Gasteiger partial charge on any atom is 0.121 e. The van der Waals surface area contributed by atoms with Crippen LogP contribution < -0.4 is 10.1 Å². The molecule has 0 aliphatic carbocycles. The Bertz CT molecular complexity index is 595. The van der Waals surface area contributed by atoms with Gasteiger partial charge in [0.25, 0.3) is 0 Å². The van der Waals surface area contributed by atoms with Crippen molar-refractivity contribution in [2.75, 3.05) is 14.2 Å². The minimum atomic E-state index is 0.00885. The Kier molecular flexibility index (Phi) is 4.68. The summed E-state index contributed by atoms with van der Waals surface area (Å²) in [5, 5.41) is 8.30. The number of aryl methyl sites for hydroxylation is 2. The summed E-state index contributed by atoms with van der Waals surface area (Å²) >= 11 is 6.30. The molecule has 0 fully saturated rings. The molecular weight excluding hydrogens is 274 g/mol. The van der Waals surface area contributed by atoms with Gasteiger partial charge >= 0.3 is 0 Å². The van der Waals surface area contributed by atoms with Crippen molar-refractivity contribution in [3.8, 4) is 5.75 Å². The number of aromatic nitrogens is 2. The zero-order valence-corrected chi connectivity index (χ0v) is 13.0. The molecule has 20 heavy (non-hydrogen) atoms. The summed E-state index contributed by atoms with van der Waals surface area (Å²) in [6, 6.07) is 6.16. The maximum atomic E-state index is 6.30. The lowest BCUT2D eigenvalue weighted by Gasteiger charge is -2.20. The first-order valence-electron chi connectivity index (χ1n) is 6.65. The average Bonchev–Trinajstić information content (AvgIpc) is 2.81. The van der Waals surface area contributed by atoms with E-state index in [1.54, 1.807) is 13.3 Å². The average molecular weight is 294 g/mol. The second-order valence-electron chi connectivity index (χ2n) is 4.64. The molecule has 1 unspecified atom stereocenters. The summed E-state index contributed by atoms with van der Waals surface area (Å²) < 4.78 is 7.23. The van der Waals surface area contributed by atoms with Gasteiger partial charge in [-0.05, 0) is 38.1 Å². The maximum absolute atomic E-state index is 6.30. The zero-order chi connectivity index (χ0) is 14.7. The van der Waals surface area contributed by atoms with Gasteiger partial charge in [-0.15, -0.1) is 0 Å². The lowest BCUT2D eigenvalue weighted by Crippen LogP contribution is -2.22. The van der Waals surface area contributed by atoms with Crippen molar-refractivity contribution in [3.63, 3.8) is 0 Å². The molecule has 0 aliphatic heterocycles. The highest BCUT2D eigenvalue weighted by Gasteiger charge is 2.20. The van der Waals surface area contributed by atoms with E-state index in [-0.39, 0.29) is 6.04 Å². The molecule has 0 aliphatic rings. The van der Waals surface area contributed by atoms with Crippen LogP contribution in [-0.2, 0) is 6.54 Å². The number of benzene rings is 1. The van der Waals surface area contributed by atoms with Gasteiger partial charge in [-0.25, -0.2) is 0 Å². The Hall–Kier alpha value is -1.52. The predicted octanol–water partition coefficient (Wildman–Crippen LogP) is 3.18. The molecule has 1 atom stereocenters. The van der Waals surface area contributed by atoms with Gasteiger partial charge in [0.1, 0.15) is 5.75 Å². The number of ether oxygens (including phenoxy) is 1. The van der Waals surface area contributed by atoms with Crippen LogP contribution in [0.5, 0.6) is 5.75 Å². The van der Waals surface area contributed by atoms with Gasteiger partial charge in [0.2, 0.25) is 0 Å². The second-order valence-corrected chi connectivity index (χ2v) is 5.05. The third kappa shape index (κ3) is 2.67. The van der Waals surface area contributed by atoms with Crippen molar-refractivity contribution in [2.45, 2.75) is 26.4 Å². The number of hydrogen-bond acceptors (Lipinski definition) is 3. The summed E-state index contributed by atoms with van der Waals surface area (Å²) in [4.78, 5) is 0. The molecule has 5 heteroatoms. The van der Waals surface area contributed by atoms with Crippen LogP contribution in [0.3, 0.4) is 0 Å². The van der Waals surface area contributed by atoms with Gasteiger partial charge in [0.15, 0.2) is 0 Å². The second kappa shape index (κ2) is 6.29. The van der Waals surface area contributed by atoms with Gasteiger partial charge in [-0.2, -0.15) is 5.10 Å². The van der Waals surface area contributed by atoms with E-state index >= 15 is 0 Å². The number of nitrogens with zero attached hydrogens (tertiary/aromatic N) is 2. The fourth-order valence-corrected chi connectivity index (χ4v) is 2.70. The summed E-state index contributed by atoms with van der Waals surface area (Å²) in [6.07, 6.45) is 1.70. The molecular formula is C15H20ClN3O. The van der Waals surface area contributed by atoms with Gasteiger partial charge in [-0.1, -0.05) is 23.7 Å². The Morgan fingerprint density at radius 1 is 1.45 bits per heavy atom. The van der Waals surface area contributed by atoms with Crippen molar-refractivity contribution in [1.82, 2.24) is 15.1 Å². The minimum absolute atomic E-state index is 0.00885. The van der Waals surface area contributed by atoms with Crippen molar-refractivity contribution >= 4 is 11.6 Å². The SMILES string of the molecule is CCn1ncc(Cl)c1C(NC)c1ccc(OC)c(C)c1. The molecule has 1 heterocycles. The Balaban J connectivity index is 2.47. The van der Waals surface area contributed by atoms with E-state index in [0.29, 0.717) is 5.02 Å². The van der Waals surface area contributed by atoms with Crippen LogP contribution in [0.1, 0.15) is 29.8 Å². The van der Waals surface area contributed by atoms with E-state index in [2.05, 4.69) is 29.5 Å². The molecule has 0 radical (unpaired) electrons. The Morgan fingerprint density at radius 2 is 2.20 bits per heavy atom. The van der Waals surface area contributed by atoms with Crippen LogP contribution >= 0.6 is 11.6 Å². The number of halogens is 1. The Labute approximate surface area is 124 Å². The van der Waals surface area contributed by atoms with Gasteiger partial charge in [-0.3, -0.25) is 4.68 Å². The molecule has 0 saturated carbocycles. The zero-order valence-electron chi connectivity index (χ0n) is 12.3. The monoisotopic (exact) mass is 293 g/mol. The lowest BCUT2D eigenvalue weighted by molar-refractivity contribution is 0.411. The van der Waals surface area contributed by atoms with Crippen LogP contribution in [0.25, 0.3) is 0 Å². The summed E-state index contributed by atoms with van der Waals surface area (Å²) in [5.41, 5.74) is 3.23. The molecule has 0 amide bonds. The van der Waals surface area contributed by atoms with E-state index in [1.807, 2.05) is 24.7 Å². The topological polar surface area (TPSA) is 39.1 Å². The van der Waals surface area contributed by atoms with E-state index < -0.39 is 0 Å². The molecule has 0 spiro atoms. The van der Waals surface area contributed by atoms with Crippen LogP contribution in [0.15, 0.2) is 24.4 Å². The van der Waals surface area contributed by atoms with Crippen molar-refractivity contribution in [2.24, 2.45) is 0 Å². The first-order valence-corrected chi connectivity index (χ1v) is 7.03. The Morgan fingerprint density at radius 3 is 2.75 bits per heavy atom. The largest absolute Gasteiger partial charge is 0.496 e. The molecule has 0 saturated heterocycles. The fourth-order valence-electron chi connectivity index (χ4n) is 2.45. The number of nitrogens with one attached hydrogen (secondary N) is 1. The third-order valence-electron chi connectivity index (χ3n) is 3.45. The van der Waals surface area contributed by atoms with Crippen molar-refractivity contribution in [3.05, 3.63) is 46.2 Å². The highest BCUT2D eigenvalue weighted by Crippen LogP contribution is 2.30. The molecule has 2 aromatic rings. The molecule has 1 N–H and O–H groups in total. The summed E-state index contributed by atoms with van der Waals surface area (Å²) in [5.74, 6) is 0.888. The standard InChI is InChI=1S/C15H20ClN3O/c1-5-19-15(12(16)9-18-19)14(17-3)11-6-7-13(20-4)10(2)8-11/h6-9,14,17H,5H2,1-4H3. The minimum Gasteiger partial charge on any atom is -0.496 e. The molecule has 108 valence electrons. The van der Waals surface area contributed by atoms with E-state index in [9.17, 15) is 0 Å². The molecule has 0 bridgehead atoms. The highest BCUT2D eigenvalue weighted by molar-refractivity contribution is 6.31. The van der Waals surface area contributed by atoms with Crippen LogP contribution in [0.2, 0.25) is 5.02 Å². The van der Waals surface area contributed by atoms with Crippen molar-refractivity contribution in [1.29, 1.82) is 0 Å². The number of hydrogen-bond donors (Lipinski definition) is 1. The van der Waals surface area contributed by atoms with Crippen LogP contribution in [0, 0.1) is 6.92 Å². The lowest BCUT2D eigenvalue weighted by atomic mass is 10.0. The molecule has 2 rings (SSSR count).